The molecule has 0 aromatic carbocycles. The first-order valence-corrected chi connectivity index (χ1v) is 3.33. The van der Waals surface area contributed by atoms with Crippen LogP contribution in [-0.2, 0) is 0 Å². The van der Waals surface area contributed by atoms with Gasteiger partial charge in [0.25, 0.3) is 0 Å². The summed E-state index contributed by atoms with van der Waals surface area (Å²) in [5.74, 6) is 0. The van der Waals surface area contributed by atoms with Crippen molar-refractivity contribution in [2.75, 3.05) is 0 Å². The quantitative estimate of drug-likeness (QED) is 0.642. The minimum atomic E-state index is 0. The van der Waals surface area contributed by atoms with E-state index in [0.717, 1.165) is 0 Å². The summed E-state index contributed by atoms with van der Waals surface area (Å²) < 4.78 is 0. The fourth-order valence-corrected chi connectivity index (χ4v) is 0.642. The van der Waals surface area contributed by atoms with Crippen LogP contribution in [0.2, 0.25) is 0 Å². The Kier molecular flexibility index (Phi) is 10.9. The zero-order chi connectivity index (χ0) is 7.07. The Morgan fingerprint density at radius 3 is 0.455 bits per heavy atom. The molecular weight excluding hydrogens is 293 g/mol. The van der Waals surface area contributed by atoms with Crippen molar-refractivity contribution >= 4 is 0 Å². The number of hydrogen-bond acceptors (Lipinski definition) is 0. The maximum Gasteiger partial charge on any atom is 0 e. The summed E-state index contributed by atoms with van der Waals surface area (Å²) in [5.41, 5.74) is 0. The Morgan fingerprint density at radius 2 is 0.364 bits per heavy atom. The van der Waals surface area contributed by atoms with Crippen LogP contribution in [0.25, 0.3) is 0 Å². The second-order valence-electron chi connectivity index (χ2n) is 1.92. The molecule has 0 amide bonds. The van der Waals surface area contributed by atoms with Crippen molar-refractivity contribution in [3.63, 3.8) is 0 Å². The Morgan fingerprint density at radius 1 is 0.273 bits per heavy atom. The molecule has 0 spiro atoms. The molecule has 2 rings (SSSR count). The van der Waals surface area contributed by atoms with Crippen LogP contribution in [0.1, 0.15) is 0 Å². The van der Waals surface area contributed by atoms with Crippen LogP contribution in [0, 0.1) is 111 Å². The summed E-state index contributed by atoms with van der Waals surface area (Å²) in [6, 6.07) is 0. The van der Waals surface area contributed by atoms with Crippen molar-refractivity contribution in [1.82, 2.24) is 0 Å². The van der Waals surface area contributed by atoms with Gasteiger partial charge in [-0.3, -0.25) is 0 Å². The molecule has 0 aromatic heterocycles. The van der Waals surface area contributed by atoms with Gasteiger partial charge in [-0.25, -0.2) is 0 Å². The van der Waals surface area contributed by atoms with Crippen LogP contribution in [0.5, 0.6) is 0 Å². The van der Waals surface area contributed by atoms with E-state index in [1.807, 2.05) is 64.2 Å². The second kappa shape index (κ2) is 9.61. The van der Waals surface area contributed by atoms with E-state index >= 15 is 0 Å². The molecule has 2 aliphatic rings. The third-order valence-electron chi connectivity index (χ3n) is 1.11. The molecule has 64 valence electrons. The van der Waals surface area contributed by atoms with Crippen LogP contribution in [0.4, 0.5) is 0 Å². The first-order chi connectivity index (χ1) is 5.00. The van der Waals surface area contributed by atoms with Crippen molar-refractivity contribution < 1.29 is 46.9 Å². The molecule has 0 aromatic rings. The van der Waals surface area contributed by atoms with Crippen molar-refractivity contribution in [3.05, 3.63) is 64.2 Å². The zero-order valence-electron chi connectivity index (χ0n) is 6.04. The molecular formula is C10H10Yb. The summed E-state index contributed by atoms with van der Waals surface area (Å²) in [4.78, 5) is 0. The average Bonchev–Trinajstić information content (AvgIpc) is 2.67. The minimum Gasteiger partial charge on any atom is -0.0312 e. The molecule has 0 N–H and O–H groups in total. The number of hydrogen-bond donors (Lipinski definition) is 0. The monoisotopic (exact) mass is 304 g/mol. The fraction of sp³-hybridized carbons (Fsp3) is 0. The van der Waals surface area contributed by atoms with Crippen LogP contribution in [0.15, 0.2) is 0 Å². The first-order valence-electron chi connectivity index (χ1n) is 3.33. The third-order valence-corrected chi connectivity index (χ3v) is 1.11. The number of rotatable bonds is 0. The molecule has 0 atom stereocenters. The van der Waals surface area contributed by atoms with Crippen molar-refractivity contribution in [2.24, 2.45) is 0 Å². The van der Waals surface area contributed by atoms with Crippen molar-refractivity contribution in [1.29, 1.82) is 0 Å². The van der Waals surface area contributed by atoms with Crippen molar-refractivity contribution in [2.45, 2.75) is 0 Å². The van der Waals surface area contributed by atoms with Gasteiger partial charge in [-0.2, -0.15) is 0 Å². The molecule has 0 bridgehead atoms. The molecule has 0 aliphatic heterocycles. The van der Waals surface area contributed by atoms with Gasteiger partial charge in [-0.05, 0) is 64.2 Å². The van der Waals surface area contributed by atoms with Gasteiger partial charge in [0.05, 0.1) is 0 Å². The molecule has 10 radical (unpaired) electrons. The standard InChI is InChI=1S/2C5H5.Yb/c2*1-2-4-5-3-1;/h2*1-5H;. The van der Waals surface area contributed by atoms with E-state index in [4.69, 9.17) is 0 Å². The topological polar surface area (TPSA) is 0 Å². The van der Waals surface area contributed by atoms with Crippen LogP contribution >= 0.6 is 0 Å². The first kappa shape index (κ1) is 12.5. The summed E-state index contributed by atoms with van der Waals surface area (Å²) in [6.07, 6.45) is 20.0. The van der Waals surface area contributed by atoms with Crippen LogP contribution < -0.4 is 0 Å². The summed E-state index contributed by atoms with van der Waals surface area (Å²) in [6.45, 7) is 0. The fourth-order valence-electron chi connectivity index (χ4n) is 0.642. The molecule has 0 heterocycles. The van der Waals surface area contributed by atoms with Gasteiger partial charge >= 0.3 is 0 Å². The summed E-state index contributed by atoms with van der Waals surface area (Å²) in [7, 11) is 0. The average molecular weight is 303 g/mol. The summed E-state index contributed by atoms with van der Waals surface area (Å²) in [5, 5.41) is 0. The van der Waals surface area contributed by atoms with E-state index in [9.17, 15) is 0 Å². The molecule has 11 heavy (non-hydrogen) atoms. The van der Waals surface area contributed by atoms with Gasteiger partial charge in [0.15, 0.2) is 0 Å². The maximum atomic E-state index is 2.00. The van der Waals surface area contributed by atoms with E-state index in [1.165, 1.54) is 0 Å². The molecule has 0 unspecified atom stereocenters. The Labute approximate surface area is 110 Å². The Bertz CT molecular complexity index is 38.1. The maximum absolute atomic E-state index is 2.00. The van der Waals surface area contributed by atoms with E-state index in [0.29, 0.717) is 0 Å². The molecule has 2 aliphatic carbocycles. The largest absolute Gasteiger partial charge is 0.0312 e. The summed E-state index contributed by atoms with van der Waals surface area (Å²) >= 11 is 0. The van der Waals surface area contributed by atoms with Gasteiger partial charge in [0.1, 0.15) is 0 Å². The predicted octanol–water partition coefficient (Wildman–Crippen LogP) is 2.04. The van der Waals surface area contributed by atoms with E-state index < -0.39 is 0 Å². The van der Waals surface area contributed by atoms with E-state index in [2.05, 4.69) is 0 Å². The van der Waals surface area contributed by atoms with Gasteiger partial charge in [-0.1, -0.05) is 0 Å². The van der Waals surface area contributed by atoms with Gasteiger partial charge in [0, 0.05) is 46.9 Å². The van der Waals surface area contributed by atoms with Crippen molar-refractivity contribution in [3.8, 4) is 0 Å². The SMILES string of the molecule is [CH]1[CH][CH][CH][CH]1.[CH]1[CH][CH][CH][CH]1.[Yb]. The Hall–Kier alpha value is 1.52. The smallest absolute Gasteiger partial charge is 0 e. The van der Waals surface area contributed by atoms with Gasteiger partial charge < -0.3 is 0 Å². The van der Waals surface area contributed by atoms with Crippen LogP contribution in [0.3, 0.4) is 0 Å². The molecule has 1 heteroatoms. The Balaban J connectivity index is 0.000000167. The van der Waals surface area contributed by atoms with E-state index in [1.54, 1.807) is 0 Å². The molecule has 2 saturated carbocycles. The molecule has 0 saturated heterocycles. The third kappa shape index (κ3) is 7.87. The van der Waals surface area contributed by atoms with Gasteiger partial charge in [-0.15, -0.1) is 0 Å². The predicted molar refractivity (Wildman–Crippen MR) is 43.0 cm³/mol. The molecule has 2 fully saturated rings. The normalized spacial score (nSPS) is 21.8. The second-order valence-corrected chi connectivity index (χ2v) is 1.92. The van der Waals surface area contributed by atoms with Gasteiger partial charge in [0.2, 0.25) is 0 Å². The van der Waals surface area contributed by atoms with Crippen LogP contribution in [-0.4, -0.2) is 0 Å². The molecule has 0 nitrogen and oxygen atoms in total. The van der Waals surface area contributed by atoms with E-state index in [-0.39, 0.29) is 46.9 Å². The zero-order valence-corrected chi connectivity index (χ0v) is 7.76. The minimum absolute atomic E-state index is 0.